The molecule has 0 saturated carbocycles. The summed E-state index contributed by atoms with van der Waals surface area (Å²) in [6, 6.07) is 5.88. The molecule has 0 saturated heterocycles. The standard InChI is InChI=1S/C11H12N2O/c1-14-11-4-5-12-8-10(11)9-13-6-2-3-7-13/h2-8H,9H2,1H3. The fourth-order valence-electron chi connectivity index (χ4n) is 1.40. The van der Waals surface area contributed by atoms with Crippen LogP contribution in [0.5, 0.6) is 5.75 Å². The Morgan fingerprint density at radius 2 is 2.14 bits per heavy atom. The molecule has 0 aromatic carbocycles. The summed E-state index contributed by atoms with van der Waals surface area (Å²) < 4.78 is 7.32. The van der Waals surface area contributed by atoms with E-state index in [0.29, 0.717) is 0 Å². The van der Waals surface area contributed by atoms with E-state index in [-0.39, 0.29) is 0 Å². The molecule has 0 aliphatic heterocycles. The molecule has 0 radical (unpaired) electrons. The van der Waals surface area contributed by atoms with Crippen molar-refractivity contribution in [2.24, 2.45) is 0 Å². The highest BCUT2D eigenvalue weighted by atomic mass is 16.5. The molecule has 0 bridgehead atoms. The molecular weight excluding hydrogens is 176 g/mol. The molecule has 0 atom stereocenters. The second-order valence-electron chi connectivity index (χ2n) is 3.04. The third kappa shape index (κ3) is 1.76. The van der Waals surface area contributed by atoms with E-state index >= 15 is 0 Å². The summed E-state index contributed by atoms with van der Waals surface area (Å²) in [7, 11) is 1.68. The predicted octanol–water partition coefficient (Wildman–Crippen LogP) is 1.94. The van der Waals surface area contributed by atoms with Crippen molar-refractivity contribution in [1.82, 2.24) is 9.55 Å². The third-order valence-corrected chi connectivity index (χ3v) is 2.10. The smallest absolute Gasteiger partial charge is 0.126 e. The Morgan fingerprint density at radius 1 is 1.36 bits per heavy atom. The molecule has 2 heterocycles. The maximum Gasteiger partial charge on any atom is 0.126 e. The molecule has 0 aliphatic carbocycles. The average molecular weight is 188 g/mol. The van der Waals surface area contributed by atoms with E-state index in [1.54, 1.807) is 13.3 Å². The Morgan fingerprint density at radius 3 is 2.86 bits per heavy atom. The average Bonchev–Trinajstić information content (AvgIpc) is 2.71. The summed E-state index contributed by atoms with van der Waals surface area (Å²) >= 11 is 0. The molecule has 0 spiro atoms. The van der Waals surface area contributed by atoms with E-state index in [1.807, 2.05) is 36.8 Å². The first-order valence-corrected chi connectivity index (χ1v) is 4.48. The van der Waals surface area contributed by atoms with Crippen molar-refractivity contribution in [3.05, 3.63) is 48.5 Å². The van der Waals surface area contributed by atoms with Gasteiger partial charge in [-0.2, -0.15) is 0 Å². The van der Waals surface area contributed by atoms with Crippen LogP contribution in [0, 0.1) is 0 Å². The number of methoxy groups -OCH3 is 1. The summed E-state index contributed by atoms with van der Waals surface area (Å²) in [6.45, 7) is 0.796. The van der Waals surface area contributed by atoms with Gasteiger partial charge in [0.25, 0.3) is 0 Å². The van der Waals surface area contributed by atoms with E-state index in [9.17, 15) is 0 Å². The highest BCUT2D eigenvalue weighted by molar-refractivity contribution is 5.30. The van der Waals surface area contributed by atoms with Gasteiger partial charge >= 0.3 is 0 Å². The van der Waals surface area contributed by atoms with Gasteiger partial charge in [-0.15, -0.1) is 0 Å². The van der Waals surface area contributed by atoms with Gasteiger partial charge in [0.15, 0.2) is 0 Å². The van der Waals surface area contributed by atoms with Gasteiger partial charge in [-0.25, -0.2) is 0 Å². The molecule has 0 N–H and O–H groups in total. The van der Waals surface area contributed by atoms with Gasteiger partial charge in [0.2, 0.25) is 0 Å². The van der Waals surface area contributed by atoms with Crippen molar-refractivity contribution in [3.63, 3.8) is 0 Å². The van der Waals surface area contributed by atoms with Gasteiger partial charge < -0.3 is 9.30 Å². The Kier molecular flexibility index (Phi) is 2.49. The maximum absolute atomic E-state index is 5.24. The lowest BCUT2D eigenvalue weighted by atomic mass is 10.2. The highest BCUT2D eigenvalue weighted by Gasteiger charge is 2.01. The Hall–Kier alpha value is -1.77. The molecule has 3 heteroatoms. The summed E-state index contributed by atoms with van der Waals surface area (Å²) in [5.74, 6) is 0.883. The first kappa shape index (κ1) is 8.81. The van der Waals surface area contributed by atoms with Crippen LogP contribution in [0.4, 0.5) is 0 Å². The summed E-state index contributed by atoms with van der Waals surface area (Å²) in [6.07, 6.45) is 7.61. The zero-order valence-electron chi connectivity index (χ0n) is 8.05. The quantitative estimate of drug-likeness (QED) is 0.736. The molecule has 0 amide bonds. The van der Waals surface area contributed by atoms with Gasteiger partial charge in [0.05, 0.1) is 13.7 Å². The first-order valence-electron chi connectivity index (χ1n) is 4.48. The zero-order chi connectivity index (χ0) is 9.80. The van der Waals surface area contributed by atoms with E-state index in [1.165, 1.54) is 0 Å². The van der Waals surface area contributed by atoms with E-state index in [4.69, 9.17) is 4.74 Å². The maximum atomic E-state index is 5.24. The van der Waals surface area contributed by atoms with Crippen LogP contribution in [-0.2, 0) is 6.54 Å². The number of nitrogens with zero attached hydrogens (tertiary/aromatic N) is 2. The molecule has 72 valence electrons. The lowest BCUT2D eigenvalue weighted by Crippen LogP contribution is -1.99. The van der Waals surface area contributed by atoms with E-state index < -0.39 is 0 Å². The van der Waals surface area contributed by atoms with Gasteiger partial charge in [-0.3, -0.25) is 4.98 Å². The van der Waals surface area contributed by atoms with Crippen LogP contribution >= 0.6 is 0 Å². The number of pyridine rings is 1. The van der Waals surface area contributed by atoms with Crippen LogP contribution in [0.2, 0.25) is 0 Å². The van der Waals surface area contributed by atoms with Gasteiger partial charge in [0.1, 0.15) is 5.75 Å². The molecule has 2 aromatic heterocycles. The monoisotopic (exact) mass is 188 g/mol. The SMILES string of the molecule is COc1ccncc1Cn1cccc1. The number of rotatable bonds is 3. The molecule has 3 nitrogen and oxygen atoms in total. The second-order valence-corrected chi connectivity index (χ2v) is 3.04. The minimum atomic E-state index is 0.796. The van der Waals surface area contributed by atoms with Crippen LogP contribution in [0.1, 0.15) is 5.56 Å². The van der Waals surface area contributed by atoms with Gasteiger partial charge in [-0.1, -0.05) is 0 Å². The van der Waals surface area contributed by atoms with Gasteiger partial charge in [-0.05, 0) is 18.2 Å². The number of aromatic nitrogens is 2. The Balaban J connectivity index is 2.24. The van der Waals surface area contributed by atoms with Crippen molar-refractivity contribution < 1.29 is 4.74 Å². The number of ether oxygens (including phenoxy) is 1. The highest BCUT2D eigenvalue weighted by Crippen LogP contribution is 2.16. The molecule has 0 unspecified atom stereocenters. The normalized spacial score (nSPS) is 10.1. The predicted molar refractivity (Wildman–Crippen MR) is 54.3 cm³/mol. The van der Waals surface area contributed by atoms with Crippen LogP contribution in [-0.4, -0.2) is 16.7 Å². The zero-order valence-corrected chi connectivity index (χ0v) is 8.05. The van der Waals surface area contributed by atoms with Crippen LogP contribution < -0.4 is 4.74 Å². The molecular formula is C11H12N2O. The summed E-state index contributed by atoms with van der Waals surface area (Å²) in [5, 5.41) is 0. The molecule has 14 heavy (non-hydrogen) atoms. The number of hydrogen-bond acceptors (Lipinski definition) is 2. The lowest BCUT2D eigenvalue weighted by Gasteiger charge is -2.07. The van der Waals surface area contributed by atoms with Crippen molar-refractivity contribution in [2.75, 3.05) is 7.11 Å². The van der Waals surface area contributed by atoms with Crippen molar-refractivity contribution >= 4 is 0 Å². The van der Waals surface area contributed by atoms with E-state index in [2.05, 4.69) is 9.55 Å². The molecule has 0 aliphatic rings. The van der Waals surface area contributed by atoms with Crippen molar-refractivity contribution in [2.45, 2.75) is 6.54 Å². The fourth-order valence-corrected chi connectivity index (χ4v) is 1.40. The summed E-state index contributed by atoms with van der Waals surface area (Å²) in [4.78, 5) is 4.08. The topological polar surface area (TPSA) is 27.1 Å². The third-order valence-electron chi connectivity index (χ3n) is 2.10. The van der Waals surface area contributed by atoms with Crippen LogP contribution in [0.15, 0.2) is 43.0 Å². The van der Waals surface area contributed by atoms with Crippen LogP contribution in [0.25, 0.3) is 0 Å². The fraction of sp³-hybridized carbons (Fsp3) is 0.182. The minimum absolute atomic E-state index is 0.796. The van der Waals surface area contributed by atoms with Crippen molar-refractivity contribution in [1.29, 1.82) is 0 Å². The molecule has 0 fully saturated rings. The summed E-state index contributed by atoms with van der Waals surface area (Å²) in [5.41, 5.74) is 1.09. The molecule has 2 rings (SSSR count). The minimum Gasteiger partial charge on any atom is -0.496 e. The van der Waals surface area contributed by atoms with Gasteiger partial charge in [0, 0.05) is 30.4 Å². The van der Waals surface area contributed by atoms with Crippen LogP contribution in [0.3, 0.4) is 0 Å². The Bertz CT molecular complexity index is 395. The second kappa shape index (κ2) is 3.96. The van der Waals surface area contributed by atoms with E-state index in [0.717, 1.165) is 17.9 Å². The first-order chi connectivity index (χ1) is 6.90. The van der Waals surface area contributed by atoms with Crippen molar-refractivity contribution in [3.8, 4) is 5.75 Å². The Labute approximate surface area is 83.0 Å². The lowest BCUT2D eigenvalue weighted by molar-refractivity contribution is 0.407. The molecule has 2 aromatic rings. The largest absolute Gasteiger partial charge is 0.496 e. The number of hydrogen-bond donors (Lipinski definition) is 0.